The van der Waals surface area contributed by atoms with Gasteiger partial charge in [-0.2, -0.15) is 0 Å². The van der Waals surface area contributed by atoms with Crippen molar-refractivity contribution in [3.8, 4) is 5.75 Å². The van der Waals surface area contributed by atoms with E-state index in [1.165, 1.54) is 0 Å². The van der Waals surface area contributed by atoms with E-state index in [1.807, 2.05) is 6.07 Å². The zero-order chi connectivity index (χ0) is 15.4. The van der Waals surface area contributed by atoms with E-state index in [-0.39, 0.29) is 5.84 Å². The van der Waals surface area contributed by atoms with E-state index >= 15 is 0 Å². The first-order chi connectivity index (χ1) is 10.0. The van der Waals surface area contributed by atoms with Crippen molar-refractivity contribution in [1.29, 1.82) is 0 Å². The molecule has 110 valence electrons. The van der Waals surface area contributed by atoms with Crippen molar-refractivity contribution in [2.45, 2.75) is 6.61 Å². The average molecular weight is 346 g/mol. The number of ether oxygens (including phenoxy) is 1. The van der Waals surface area contributed by atoms with Crippen LogP contribution >= 0.6 is 34.8 Å². The molecule has 0 aromatic heterocycles. The zero-order valence-corrected chi connectivity index (χ0v) is 13.0. The molecule has 0 radical (unpaired) electrons. The van der Waals surface area contributed by atoms with Crippen LogP contribution in [0, 0.1) is 0 Å². The van der Waals surface area contributed by atoms with Crippen molar-refractivity contribution < 1.29 is 9.94 Å². The maximum Gasteiger partial charge on any atom is 0.170 e. The topological polar surface area (TPSA) is 67.8 Å². The van der Waals surface area contributed by atoms with E-state index in [1.54, 1.807) is 30.3 Å². The Morgan fingerprint density at radius 1 is 1.05 bits per heavy atom. The summed E-state index contributed by atoms with van der Waals surface area (Å²) in [5, 5.41) is 12.8. The molecule has 0 atom stereocenters. The lowest BCUT2D eigenvalue weighted by Gasteiger charge is -2.10. The number of benzene rings is 2. The predicted octanol–water partition coefficient (Wildman–Crippen LogP) is 4.32. The van der Waals surface area contributed by atoms with Crippen molar-refractivity contribution in [1.82, 2.24) is 0 Å². The molecule has 7 heteroatoms. The molecule has 0 fully saturated rings. The third-order valence-electron chi connectivity index (χ3n) is 2.71. The summed E-state index contributed by atoms with van der Waals surface area (Å²) in [4.78, 5) is 0. The first kappa shape index (κ1) is 15.8. The first-order valence-electron chi connectivity index (χ1n) is 5.85. The maximum atomic E-state index is 8.61. The minimum absolute atomic E-state index is 0.0204. The number of amidine groups is 1. The average Bonchev–Trinajstić information content (AvgIpc) is 2.48. The molecular formula is C14H11Cl3N2O2. The molecule has 4 nitrogen and oxygen atoms in total. The number of rotatable bonds is 4. The van der Waals surface area contributed by atoms with E-state index < -0.39 is 0 Å². The molecule has 0 bridgehead atoms. The SMILES string of the molecule is NC(=NO)c1ccc(OCc2ccc(Cl)c(Cl)c2)c(Cl)c1. The molecule has 0 heterocycles. The fraction of sp³-hybridized carbons (Fsp3) is 0.0714. The highest BCUT2D eigenvalue weighted by Crippen LogP contribution is 2.27. The Bertz CT molecular complexity index is 690. The minimum atomic E-state index is -0.0204. The van der Waals surface area contributed by atoms with Crippen LogP contribution in [0.25, 0.3) is 0 Å². The van der Waals surface area contributed by atoms with E-state index in [0.29, 0.717) is 33.0 Å². The fourth-order valence-electron chi connectivity index (χ4n) is 1.63. The van der Waals surface area contributed by atoms with Crippen molar-refractivity contribution in [2.24, 2.45) is 10.9 Å². The first-order valence-corrected chi connectivity index (χ1v) is 6.99. The second-order valence-corrected chi connectivity index (χ2v) is 5.39. The fourth-order valence-corrected chi connectivity index (χ4v) is 2.18. The summed E-state index contributed by atoms with van der Waals surface area (Å²) >= 11 is 17.9. The van der Waals surface area contributed by atoms with Crippen LogP contribution in [0.1, 0.15) is 11.1 Å². The Morgan fingerprint density at radius 3 is 2.43 bits per heavy atom. The van der Waals surface area contributed by atoms with E-state index in [2.05, 4.69) is 5.16 Å². The van der Waals surface area contributed by atoms with Crippen LogP contribution in [0.15, 0.2) is 41.6 Å². The lowest BCUT2D eigenvalue weighted by Crippen LogP contribution is -2.12. The van der Waals surface area contributed by atoms with E-state index in [0.717, 1.165) is 5.56 Å². The van der Waals surface area contributed by atoms with Crippen LogP contribution in [-0.4, -0.2) is 11.0 Å². The maximum absolute atomic E-state index is 8.61. The van der Waals surface area contributed by atoms with Crippen molar-refractivity contribution in [3.63, 3.8) is 0 Å². The van der Waals surface area contributed by atoms with Crippen LogP contribution in [0.5, 0.6) is 5.75 Å². The number of halogens is 3. The van der Waals surface area contributed by atoms with Crippen molar-refractivity contribution in [3.05, 3.63) is 62.6 Å². The van der Waals surface area contributed by atoms with Gasteiger partial charge in [-0.1, -0.05) is 46.0 Å². The van der Waals surface area contributed by atoms with Gasteiger partial charge < -0.3 is 15.7 Å². The van der Waals surface area contributed by atoms with Gasteiger partial charge in [-0.15, -0.1) is 0 Å². The summed E-state index contributed by atoms with van der Waals surface area (Å²) in [6.45, 7) is 0.291. The summed E-state index contributed by atoms with van der Waals surface area (Å²) in [6, 6.07) is 10.1. The van der Waals surface area contributed by atoms with Crippen molar-refractivity contribution >= 4 is 40.6 Å². The summed E-state index contributed by atoms with van der Waals surface area (Å²) < 4.78 is 5.61. The van der Waals surface area contributed by atoms with E-state index in [4.69, 9.17) is 50.5 Å². The Morgan fingerprint density at radius 2 is 1.81 bits per heavy atom. The molecule has 2 rings (SSSR count). The minimum Gasteiger partial charge on any atom is -0.487 e. The van der Waals surface area contributed by atoms with Gasteiger partial charge in [0.05, 0.1) is 15.1 Å². The number of hydrogen-bond acceptors (Lipinski definition) is 3. The van der Waals surface area contributed by atoms with Crippen LogP contribution in [0.3, 0.4) is 0 Å². The molecular weight excluding hydrogens is 335 g/mol. The lowest BCUT2D eigenvalue weighted by molar-refractivity contribution is 0.306. The second kappa shape index (κ2) is 6.89. The molecule has 21 heavy (non-hydrogen) atoms. The van der Waals surface area contributed by atoms with Gasteiger partial charge in [-0.3, -0.25) is 0 Å². The summed E-state index contributed by atoms with van der Waals surface area (Å²) in [7, 11) is 0. The van der Waals surface area contributed by atoms with Gasteiger partial charge in [0, 0.05) is 5.56 Å². The van der Waals surface area contributed by atoms with Crippen LogP contribution in [0.4, 0.5) is 0 Å². The largest absolute Gasteiger partial charge is 0.487 e. The van der Waals surface area contributed by atoms with Gasteiger partial charge in [0.1, 0.15) is 12.4 Å². The molecule has 2 aromatic rings. The molecule has 0 amide bonds. The van der Waals surface area contributed by atoms with Gasteiger partial charge in [-0.05, 0) is 35.9 Å². The zero-order valence-electron chi connectivity index (χ0n) is 10.7. The summed E-state index contributed by atoms with van der Waals surface area (Å²) in [5.74, 6) is 0.463. The molecule has 0 aliphatic carbocycles. The van der Waals surface area contributed by atoms with Gasteiger partial charge in [0.2, 0.25) is 0 Å². The van der Waals surface area contributed by atoms with Gasteiger partial charge in [-0.25, -0.2) is 0 Å². The summed E-state index contributed by atoms with van der Waals surface area (Å²) in [5.41, 5.74) is 6.85. The van der Waals surface area contributed by atoms with Crippen molar-refractivity contribution in [2.75, 3.05) is 0 Å². The predicted molar refractivity (Wildman–Crippen MR) is 84.8 cm³/mol. The Balaban J connectivity index is 2.11. The highest BCUT2D eigenvalue weighted by Gasteiger charge is 2.07. The number of nitrogens with two attached hydrogens (primary N) is 1. The number of nitrogens with zero attached hydrogens (tertiary/aromatic N) is 1. The third kappa shape index (κ3) is 3.94. The molecule has 2 aromatic carbocycles. The highest BCUT2D eigenvalue weighted by molar-refractivity contribution is 6.42. The molecule has 3 N–H and O–H groups in total. The Hall–Kier alpha value is -1.62. The van der Waals surface area contributed by atoms with Gasteiger partial charge >= 0.3 is 0 Å². The molecule has 0 spiro atoms. The van der Waals surface area contributed by atoms with Crippen LogP contribution in [0.2, 0.25) is 15.1 Å². The van der Waals surface area contributed by atoms with Crippen LogP contribution < -0.4 is 10.5 Å². The third-order valence-corrected chi connectivity index (χ3v) is 3.75. The Kier molecular flexibility index (Phi) is 5.17. The van der Waals surface area contributed by atoms with E-state index in [9.17, 15) is 0 Å². The normalized spacial score (nSPS) is 11.5. The lowest BCUT2D eigenvalue weighted by atomic mass is 10.2. The van der Waals surface area contributed by atoms with Crippen LogP contribution in [-0.2, 0) is 6.61 Å². The van der Waals surface area contributed by atoms with Gasteiger partial charge in [0.15, 0.2) is 5.84 Å². The highest BCUT2D eigenvalue weighted by atomic mass is 35.5. The Labute approximate surface area is 136 Å². The standard InChI is InChI=1S/C14H11Cl3N2O2/c15-10-3-1-8(5-11(10)16)7-21-13-4-2-9(6-12(13)17)14(18)19-20/h1-6,20H,7H2,(H2,18,19). The molecule has 0 aliphatic heterocycles. The number of oxime groups is 1. The molecule has 0 saturated heterocycles. The second-order valence-electron chi connectivity index (χ2n) is 4.17. The molecule has 0 unspecified atom stereocenters. The monoisotopic (exact) mass is 344 g/mol. The smallest absolute Gasteiger partial charge is 0.170 e. The number of hydrogen-bond donors (Lipinski definition) is 2. The molecule has 0 saturated carbocycles. The quantitative estimate of drug-likeness (QED) is 0.375. The molecule has 0 aliphatic rings. The van der Waals surface area contributed by atoms with Gasteiger partial charge in [0.25, 0.3) is 0 Å². The summed E-state index contributed by atoms with van der Waals surface area (Å²) in [6.07, 6.45) is 0.